The predicted molar refractivity (Wildman–Crippen MR) is 204 cm³/mol. The molecule has 1 aliphatic heterocycles. The lowest BCUT2D eigenvalue weighted by Crippen LogP contribution is -2.37. The molecule has 1 atom stereocenters. The lowest BCUT2D eigenvalue weighted by atomic mass is 9.98. The van der Waals surface area contributed by atoms with E-state index in [1.165, 1.54) is 27.5 Å². The van der Waals surface area contributed by atoms with E-state index in [9.17, 15) is 0 Å². The molecule has 0 bridgehead atoms. The van der Waals surface area contributed by atoms with Gasteiger partial charge in [0.15, 0.2) is 5.84 Å². The molecular formula is C45H32N4. The van der Waals surface area contributed by atoms with Crippen LogP contribution in [0.1, 0.15) is 17.3 Å². The molecule has 0 aliphatic carbocycles. The average Bonchev–Trinajstić information content (AvgIpc) is 3.54. The molecule has 4 nitrogen and oxygen atoms in total. The Morgan fingerprint density at radius 1 is 0.429 bits per heavy atom. The van der Waals surface area contributed by atoms with Gasteiger partial charge in [-0.15, -0.1) is 0 Å². The summed E-state index contributed by atoms with van der Waals surface area (Å²) in [6, 6.07) is 64.0. The van der Waals surface area contributed by atoms with Gasteiger partial charge in [-0.3, -0.25) is 4.57 Å². The second-order valence-electron chi connectivity index (χ2n) is 12.3. The van der Waals surface area contributed by atoms with Gasteiger partial charge in [-0.05, 0) is 39.4 Å². The molecule has 0 amide bonds. The zero-order valence-corrected chi connectivity index (χ0v) is 26.7. The molecule has 0 saturated heterocycles. The Hall–Kier alpha value is -6.52. The smallest absolute Gasteiger partial charge is 0.211 e. The van der Waals surface area contributed by atoms with Crippen LogP contribution in [0.25, 0.3) is 55.2 Å². The van der Waals surface area contributed by atoms with Gasteiger partial charge in [0.25, 0.3) is 0 Å². The summed E-state index contributed by atoms with van der Waals surface area (Å²) < 4.78 is 2.29. The standard InChI is InChI=1S/C45H32N4/c1-4-13-31(14-5-1)33-23-27-35(28-24-33)38-20-12-21-40-39-19-10-11-22-41(39)49(42(38)40)45-47-43(36-17-8-3-9-18-36)46-44(48-45)37-29-25-34(26-30-37)32-15-6-2-7-16-32/h1-30,43H,(H,46,47,48). The normalized spacial score (nSPS) is 14.3. The molecule has 1 N–H and O–H groups in total. The molecule has 9 rings (SSSR count). The fourth-order valence-corrected chi connectivity index (χ4v) is 6.87. The molecule has 0 spiro atoms. The van der Waals surface area contributed by atoms with Crippen LogP contribution >= 0.6 is 0 Å². The maximum Gasteiger partial charge on any atom is 0.211 e. The number of hydrogen-bond donors (Lipinski definition) is 1. The van der Waals surface area contributed by atoms with Crippen molar-refractivity contribution >= 4 is 33.6 Å². The van der Waals surface area contributed by atoms with Crippen LogP contribution < -0.4 is 5.32 Å². The van der Waals surface area contributed by atoms with Crippen LogP contribution in [0, 0.1) is 0 Å². The summed E-state index contributed by atoms with van der Waals surface area (Å²) in [6.07, 6.45) is -0.314. The summed E-state index contributed by atoms with van der Waals surface area (Å²) in [7, 11) is 0. The van der Waals surface area contributed by atoms with E-state index in [0.29, 0.717) is 5.84 Å². The average molecular weight is 629 g/mol. The molecule has 1 unspecified atom stereocenters. The summed E-state index contributed by atoms with van der Waals surface area (Å²) in [6.45, 7) is 0. The van der Waals surface area contributed by atoms with Crippen LogP contribution in [0.5, 0.6) is 0 Å². The number of nitrogens with one attached hydrogen (secondary N) is 1. The van der Waals surface area contributed by atoms with E-state index in [1.54, 1.807) is 0 Å². The van der Waals surface area contributed by atoms with Gasteiger partial charge in [0.1, 0.15) is 6.17 Å². The van der Waals surface area contributed by atoms with E-state index >= 15 is 0 Å². The maximum absolute atomic E-state index is 5.28. The van der Waals surface area contributed by atoms with Crippen molar-refractivity contribution in [2.45, 2.75) is 6.17 Å². The summed E-state index contributed by atoms with van der Waals surface area (Å²) in [5.74, 6) is 1.43. The molecule has 49 heavy (non-hydrogen) atoms. The third-order valence-corrected chi connectivity index (χ3v) is 9.30. The molecular weight excluding hydrogens is 597 g/mol. The van der Waals surface area contributed by atoms with E-state index < -0.39 is 0 Å². The molecule has 232 valence electrons. The Balaban J connectivity index is 1.22. The van der Waals surface area contributed by atoms with Crippen LogP contribution in [-0.2, 0) is 0 Å². The largest absolute Gasteiger partial charge is 0.330 e. The van der Waals surface area contributed by atoms with Crippen LogP contribution in [0.2, 0.25) is 0 Å². The number of fused-ring (bicyclic) bond motifs is 3. The van der Waals surface area contributed by atoms with Gasteiger partial charge < -0.3 is 5.32 Å². The fraction of sp³-hybridized carbons (Fsp3) is 0.0222. The summed E-state index contributed by atoms with van der Waals surface area (Å²) >= 11 is 0. The third kappa shape index (κ3) is 5.30. The molecule has 0 saturated carbocycles. The summed E-state index contributed by atoms with van der Waals surface area (Å²) in [5.41, 5.74) is 11.3. The van der Waals surface area contributed by atoms with Gasteiger partial charge in [-0.1, -0.05) is 176 Å². The van der Waals surface area contributed by atoms with Crippen LogP contribution in [0.4, 0.5) is 0 Å². The minimum absolute atomic E-state index is 0.314. The Bertz CT molecular complexity index is 2480. The molecule has 2 heterocycles. The van der Waals surface area contributed by atoms with Gasteiger partial charge in [0, 0.05) is 21.9 Å². The third-order valence-electron chi connectivity index (χ3n) is 9.30. The number of aliphatic imine (C=N–C) groups is 2. The first-order valence-electron chi connectivity index (χ1n) is 16.6. The zero-order valence-electron chi connectivity index (χ0n) is 26.7. The Morgan fingerprint density at radius 3 is 1.59 bits per heavy atom. The molecule has 1 aliphatic rings. The molecule has 8 aromatic rings. The monoisotopic (exact) mass is 628 g/mol. The van der Waals surface area contributed by atoms with E-state index in [4.69, 9.17) is 9.98 Å². The van der Waals surface area contributed by atoms with Gasteiger partial charge >= 0.3 is 0 Å². The Kier molecular flexibility index (Phi) is 7.17. The maximum atomic E-state index is 5.28. The number of amidine groups is 1. The van der Waals surface area contributed by atoms with E-state index in [1.807, 2.05) is 12.1 Å². The fourth-order valence-electron chi connectivity index (χ4n) is 6.87. The van der Waals surface area contributed by atoms with Crippen molar-refractivity contribution in [1.29, 1.82) is 0 Å². The highest BCUT2D eigenvalue weighted by Crippen LogP contribution is 2.37. The second kappa shape index (κ2) is 12.3. The molecule has 7 aromatic carbocycles. The number of aromatic nitrogens is 1. The Morgan fingerprint density at radius 2 is 0.939 bits per heavy atom. The number of benzene rings is 7. The van der Waals surface area contributed by atoms with Crippen LogP contribution in [-0.4, -0.2) is 16.4 Å². The van der Waals surface area contributed by atoms with Gasteiger partial charge in [0.05, 0.1) is 11.0 Å². The SMILES string of the molecule is c1ccc(-c2ccc(C3=NC(c4ccccc4)NC(n4c5ccccc5c5cccc(-c6ccc(-c7ccccc7)cc6)c54)=N3)cc2)cc1. The van der Waals surface area contributed by atoms with Crippen LogP contribution in [0.3, 0.4) is 0 Å². The van der Waals surface area contributed by atoms with E-state index in [0.717, 1.165) is 44.8 Å². The highest BCUT2D eigenvalue weighted by Gasteiger charge is 2.25. The van der Waals surface area contributed by atoms with Gasteiger partial charge in [0.2, 0.25) is 5.96 Å². The van der Waals surface area contributed by atoms with Gasteiger partial charge in [-0.25, -0.2) is 4.99 Å². The zero-order chi connectivity index (χ0) is 32.6. The topological polar surface area (TPSA) is 41.7 Å². The summed E-state index contributed by atoms with van der Waals surface area (Å²) in [5, 5.41) is 6.08. The highest BCUT2D eigenvalue weighted by molar-refractivity contribution is 6.19. The summed E-state index contributed by atoms with van der Waals surface area (Å²) in [4.78, 5) is 10.4. The first kappa shape index (κ1) is 28.7. The van der Waals surface area contributed by atoms with Crippen molar-refractivity contribution in [1.82, 2.24) is 9.88 Å². The van der Waals surface area contributed by atoms with E-state index in [-0.39, 0.29) is 6.17 Å². The quantitative estimate of drug-likeness (QED) is 0.202. The van der Waals surface area contributed by atoms with Crippen molar-refractivity contribution < 1.29 is 0 Å². The predicted octanol–water partition coefficient (Wildman–Crippen LogP) is 10.7. The minimum Gasteiger partial charge on any atom is -0.330 e. The molecule has 0 radical (unpaired) electrons. The lowest BCUT2D eigenvalue weighted by Gasteiger charge is -2.25. The second-order valence-corrected chi connectivity index (χ2v) is 12.3. The van der Waals surface area contributed by atoms with Crippen molar-refractivity contribution in [2.24, 2.45) is 9.98 Å². The highest BCUT2D eigenvalue weighted by atomic mass is 15.3. The van der Waals surface area contributed by atoms with Crippen molar-refractivity contribution in [3.63, 3.8) is 0 Å². The van der Waals surface area contributed by atoms with Crippen LogP contribution in [0.15, 0.2) is 192 Å². The van der Waals surface area contributed by atoms with Crippen molar-refractivity contribution in [3.8, 4) is 33.4 Å². The number of nitrogens with zero attached hydrogens (tertiary/aromatic N) is 3. The Labute approximate surface area is 285 Å². The molecule has 1 aromatic heterocycles. The number of rotatable bonds is 5. The first-order chi connectivity index (χ1) is 24.3. The number of para-hydroxylation sites is 2. The van der Waals surface area contributed by atoms with Crippen molar-refractivity contribution in [3.05, 3.63) is 193 Å². The molecule has 0 fully saturated rings. The first-order valence-corrected chi connectivity index (χ1v) is 16.6. The molecule has 4 heteroatoms. The van der Waals surface area contributed by atoms with E-state index in [2.05, 4.69) is 180 Å². The number of hydrogen-bond acceptors (Lipinski definition) is 3. The lowest BCUT2D eigenvalue weighted by molar-refractivity contribution is 0.661. The minimum atomic E-state index is -0.314. The van der Waals surface area contributed by atoms with Crippen molar-refractivity contribution in [2.75, 3.05) is 0 Å². The van der Waals surface area contributed by atoms with Gasteiger partial charge in [-0.2, -0.15) is 4.99 Å².